The summed E-state index contributed by atoms with van der Waals surface area (Å²) in [5, 5.41) is 0. The fraction of sp³-hybridized carbons (Fsp3) is 0.588. The molecule has 107 valence electrons. The second kappa shape index (κ2) is 6.42. The van der Waals surface area contributed by atoms with Crippen LogP contribution in [0.4, 0.5) is 0 Å². The first-order valence-electron chi connectivity index (χ1n) is 6.85. The van der Waals surface area contributed by atoms with Crippen LogP contribution in [0.2, 0.25) is 0 Å². The topological polar surface area (TPSA) is 18.5 Å². The highest BCUT2D eigenvalue weighted by atomic mass is 16.5. The predicted octanol–water partition coefficient (Wildman–Crippen LogP) is 4.59. The molecule has 0 N–H and O–H groups in total. The van der Waals surface area contributed by atoms with Crippen LogP contribution in [-0.2, 0) is 10.2 Å². The third kappa shape index (κ3) is 5.65. The maximum absolute atomic E-state index is 5.55. The van der Waals surface area contributed by atoms with Gasteiger partial charge in [-0.3, -0.25) is 0 Å². The van der Waals surface area contributed by atoms with Gasteiger partial charge in [0.2, 0.25) is 0 Å². The van der Waals surface area contributed by atoms with E-state index in [1.54, 1.807) is 0 Å². The van der Waals surface area contributed by atoms with Gasteiger partial charge >= 0.3 is 0 Å². The van der Waals surface area contributed by atoms with E-state index in [1.165, 1.54) is 5.56 Å². The minimum absolute atomic E-state index is 0.174. The minimum Gasteiger partial charge on any atom is -0.491 e. The summed E-state index contributed by atoms with van der Waals surface area (Å²) in [4.78, 5) is 0. The number of rotatable bonds is 6. The van der Waals surface area contributed by atoms with E-state index in [4.69, 9.17) is 9.47 Å². The van der Waals surface area contributed by atoms with E-state index in [9.17, 15) is 0 Å². The van der Waals surface area contributed by atoms with E-state index >= 15 is 0 Å². The first-order valence-corrected chi connectivity index (χ1v) is 6.85. The summed E-state index contributed by atoms with van der Waals surface area (Å²) in [5.74, 6) is 0.882. The SMILES string of the molecule is [CH2]OCCOc1ccc(C(C)(C)CC(C)(C)C)cc1. The molecule has 1 rings (SSSR count). The zero-order valence-electron chi connectivity index (χ0n) is 13.0. The zero-order valence-corrected chi connectivity index (χ0v) is 13.0. The molecule has 19 heavy (non-hydrogen) atoms. The number of ether oxygens (including phenoxy) is 2. The molecule has 0 aliphatic carbocycles. The Labute approximate surface area is 118 Å². The van der Waals surface area contributed by atoms with Crippen molar-refractivity contribution in [3.63, 3.8) is 0 Å². The van der Waals surface area contributed by atoms with Gasteiger partial charge in [-0.15, -0.1) is 0 Å². The fourth-order valence-corrected chi connectivity index (χ4v) is 2.65. The highest BCUT2D eigenvalue weighted by Gasteiger charge is 2.27. The Hall–Kier alpha value is -1.02. The quantitative estimate of drug-likeness (QED) is 0.699. The Morgan fingerprint density at radius 2 is 1.53 bits per heavy atom. The van der Waals surface area contributed by atoms with Gasteiger partial charge in [-0.1, -0.05) is 46.8 Å². The van der Waals surface area contributed by atoms with Crippen molar-refractivity contribution < 1.29 is 9.47 Å². The molecule has 0 spiro atoms. The molecule has 1 radical (unpaired) electrons. The van der Waals surface area contributed by atoms with E-state index in [0.717, 1.165) is 12.2 Å². The van der Waals surface area contributed by atoms with Crippen LogP contribution < -0.4 is 4.74 Å². The average Bonchev–Trinajstić information content (AvgIpc) is 2.27. The molecule has 2 nitrogen and oxygen atoms in total. The van der Waals surface area contributed by atoms with Gasteiger partial charge in [-0.05, 0) is 34.9 Å². The molecule has 0 unspecified atom stereocenters. The second-order valence-corrected chi connectivity index (χ2v) is 6.90. The molecule has 0 heterocycles. The largest absolute Gasteiger partial charge is 0.491 e. The first kappa shape index (κ1) is 16.0. The standard InChI is InChI=1S/C17H27O2/c1-16(2,3)13-17(4,5)14-7-9-15(10-8-14)19-12-11-18-6/h7-10H,6,11-13H2,1-5H3. The van der Waals surface area contributed by atoms with Gasteiger partial charge < -0.3 is 9.47 Å². The van der Waals surface area contributed by atoms with Crippen LogP contribution in [0.1, 0.15) is 46.6 Å². The van der Waals surface area contributed by atoms with Crippen molar-refractivity contribution in [2.45, 2.75) is 46.5 Å². The molecular formula is C17H27O2. The molecule has 0 bridgehead atoms. The minimum atomic E-state index is 0.174. The molecule has 0 fully saturated rings. The van der Waals surface area contributed by atoms with Crippen molar-refractivity contribution in [2.24, 2.45) is 5.41 Å². The summed E-state index contributed by atoms with van der Waals surface area (Å²) < 4.78 is 10.3. The highest BCUT2D eigenvalue weighted by Crippen LogP contribution is 2.36. The van der Waals surface area contributed by atoms with Crippen LogP contribution in [0.25, 0.3) is 0 Å². The van der Waals surface area contributed by atoms with Crippen LogP contribution in [0.15, 0.2) is 24.3 Å². The van der Waals surface area contributed by atoms with E-state index in [0.29, 0.717) is 18.6 Å². The lowest BCUT2D eigenvalue weighted by Gasteiger charge is -2.33. The smallest absolute Gasteiger partial charge is 0.119 e. The maximum Gasteiger partial charge on any atom is 0.119 e. The average molecular weight is 263 g/mol. The van der Waals surface area contributed by atoms with Crippen molar-refractivity contribution in [1.29, 1.82) is 0 Å². The van der Waals surface area contributed by atoms with Crippen molar-refractivity contribution >= 4 is 0 Å². The summed E-state index contributed by atoms with van der Waals surface area (Å²) in [6, 6.07) is 8.38. The first-order chi connectivity index (χ1) is 8.74. The van der Waals surface area contributed by atoms with E-state index in [1.807, 2.05) is 12.1 Å². The maximum atomic E-state index is 5.55. The molecule has 0 amide bonds. The van der Waals surface area contributed by atoms with Crippen LogP contribution in [0.3, 0.4) is 0 Å². The highest BCUT2D eigenvalue weighted by molar-refractivity contribution is 5.31. The Balaban J connectivity index is 2.69. The van der Waals surface area contributed by atoms with Crippen molar-refractivity contribution in [2.75, 3.05) is 13.2 Å². The molecule has 0 atom stereocenters. The molecular weight excluding hydrogens is 236 g/mol. The Bertz CT molecular complexity index is 371. The summed E-state index contributed by atoms with van der Waals surface area (Å²) >= 11 is 0. The molecule has 0 saturated carbocycles. The van der Waals surface area contributed by atoms with Crippen LogP contribution in [0, 0.1) is 12.5 Å². The van der Waals surface area contributed by atoms with Gasteiger partial charge in [-0.2, -0.15) is 0 Å². The lowest BCUT2D eigenvalue weighted by Crippen LogP contribution is -2.24. The molecule has 1 aromatic carbocycles. The fourth-order valence-electron chi connectivity index (χ4n) is 2.65. The summed E-state index contributed by atoms with van der Waals surface area (Å²) in [6.45, 7) is 12.5. The van der Waals surface area contributed by atoms with Gasteiger partial charge in [0.25, 0.3) is 0 Å². The van der Waals surface area contributed by atoms with Gasteiger partial charge in [0.05, 0.1) is 13.7 Å². The lowest BCUT2D eigenvalue weighted by molar-refractivity contribution is 0.174. The lowest BCUT2D eigenvalue weighted by atomic mass is 9.72. The van der Waals surface area contributed by atoms with Gasteiger partial charge in [0, 0.05) is 0 Å². The van der Waals surface area contributed by atoms with Crippen LogP contribution >= 0.6 is 0 Å². The van der Waals surface area contributed by atoms with E-state index in [-0.39, 0.29) is 5.41 Å². The summed E-state index contributed by atoms with van der Waals surface area (Å²) in [6.07, 6.45) is 1.15. The molecule has 1 aromatic rings. The Morgan fingerprint density at radius 1 is 0.947 bits per heavy atom. The van der Waals surface area contributed by atoms with Crippen molar-refractivity contribution in [3.05, 3.63) is 36.9 Å². The van der Waals surface area contributed by atoms with Crippen LogP contribution in [0.5, 0.6) is 5.75 Å². The van der Waals surface area contributed by atoms with E-state index in [2.05, 4.69) is 53.9 Å². The predicted molar refractivity (Wildman–Crippen MR) is 80.3 cm³/mol. The monoisotopic (exact) mass is 263 g/mol. The second-order valence-electron chi connectivity index (χ2n) is 6.90. The van der Waals surface area contributed by atoms with Gasteiger partial charge in [-0.25, -0.2) is 0 Å². The summed E-state index contributed by atoms with van der Waals surface area (Å²) in [7, 11) is 3.32. The molecule has 0 aliphatic rings. The third-order valence-electron chi connectivity index (χ3n) is 3.10. The van der Waals surface area contributed by atoms with Crippen molar-refractivity contribution in [3.8, 4) is 5.75 Å². The third-order valence-corrected chi connectivity index (χ3v) is 3.10. The van der Waals surface area contributed by atoms with Gasteiger partial charge in [0.1, 0.15) is 12.4 Å². The molecule has 0 saturated heterocycles. The summed E-state index contributed by atoms with van der Waals surface area (Å²) in [5.41, 5.74) is 1.85. The van der Waals surface area contributed by atoms with E-state index < -0.39 is 0 Å². The van der Waals surface area contributed by atoms with Crippen molar-refractivity contribution in [1.82, 2.24) is 0 Å². The molecule has 2 heteroatoms. The Kier molecular flexibility index (Phi) is 5.42. The number of hydrogen-bond acceptors (Lipinski definition) is 2. The molecule has 0 aromatic heterocycles. The van der Waals surface area contributed by atoms with Gasteiger partial charge in [0.15, 0.2) is 0 Å². The number of hydrogen-bond donors (Lipinski definition) is 0. The van der Waals surface area contributed by atoms with Crippen LogP contribution in [-0.4, -0.2) is 13.2 Å². The number of benzene rings is 1. The zero-order chi connectivity index (χ0) is 14.5. The normalized spacial score (nSPS) is 12.5. The Morgan fingerprint density at radius 3 is 2.00 bits per heavy atom. The molecule has 0 aliphatic heterocycles.